The van der Waals surface area contributed by atoms with Gasteiger partial charge in [-0.3, -0.25) is 4.99 Å². The monoisotopic (exact) mass is 294 g/mol. The fraction of sp³-hybridized carbons (Fsp3) is 0.812. The number of methoxy groups -OCH3 is 1. The third kappa shape index (κ3) is 2.94. The van der Waals surface area contributed by atoms with Crippen LogP contribution in [0.2, 0.25) is 0 Å². The molecular weight excluding hydrogens is 268 g/mol. The summed E-state index contributed by atoms with van der Waals surface area (Å²) in [6.07, 6.45) is 7.19. The van der Waals surface area contributed by atoms with Gasteiger partial charge in [-0.05, 0) is 38.7 Å². The average molecular weight is 294 g/mol. The van der Waals surface area contributed by atoms with Crippen molar-refractivity contribution in [3.63, 3.8) is 0 Å². The molecule has 1 spiro atoms. The summed E-state index contributed by atoms with van der Waals surface area (Å²) < 4.78 is 17.0. The van der Waals surface area contributed by atoms with E-state index in [4.69, 9.17) is 19.2 Å². The highest BCUT2D eigenvalue weighted by Gasteiger charge is 2.48. The minimum atomic E-state index is -0.352. The molecule has 0 unspecified atom stereocenters. The van der Waals surface area contributed by atoms with Crippen molar-refractivity contribution in [2.75, 3.05) is 26.9 Å². The van der Waals surface area contributed by atoms with Crippen molar-refractivity contribution in [2.45, 2.75) is 56.3 Å². The van der Waals surface area contributed by atoms with E-state index in [-0.39, 0.29) is 11.3 Å². The van der Waals surface area contributed by atoms with Gasteiger partial charge in [0.25, 0.3) is 0 Å². The molecule has 5 heteroatoms. The Bertz CT molecular complexity index is 417. The molecule has 1 saturated heterocycles. The molecule has 0 radical (unpaired) electrons. The van der Waals surface area contributed by atoms with Crippen molar-refractivity contribution in [1.29, 1.82) is 0 Å². The van der Waals surface area contributed by atoms with Gasteiger partial charge in [0.1, 0.15) is 0 Å². The van der Waals surface area contributed by atoms with Crippen molar-refractivity contribution >= 4 is 5.71 Å². The molecule has 1 saturated carbocycles. The Morgan fingerprint density at radius 2 is 1.90 bits per heavy atom. The third-order valence-corrected chi connectivity index (χ3v) is 4.98. The highest BCUT2D eigenvalue weighted by atomic mass is 16.7. The standard InChI is InChI=1S/C16H26N2O3/c1-13(19-2)18-15(14-5-3-4-10-17-14)6-8-16(9-7-15)20-11-12-21-16/h18H,1,3-12H2,2H3. The summed E-state index contributed by atoms with van der Waals surface area (Å²) in [5.41, 5.74) is 1.15. The van der Waals surface area contributed by atoms with Crippen molar-refractivity contribution in [1.82, 2.24) is 5.32 Å². The second kappa shape index (κ2) is 5.97. The largest absolute Gasteiger partial charge is 0.483 e. The normalized spacial score (nSPS) is 27.2. The molecule has 2 aliphatic heterocycles. The molecule has 3 aliphatic rings. The van der Waals surface area contributed by atoms with Crippen molar-refractivity contribution in [2.24, 2.45) is 4.99 Å². The van der Waals surface area contributed by atoms with Gasteiger partial charge in [0, 0.05) is 25.1 Å². The summed E-state index contributed by atoms with van der Waals surface area (Å²) >= 11 is 0. The summed E-state index contributed by atoms with van der Waals surface area (Å²) in [7, 11) is 1.65. The van der Waals surface area contributed by atoms with E-state index >= 15 is 0 Å². The SMILES string of the molecule is C=C(NC1(C2=NCCCC2)CCC2(CC1)OCCO2)OC. The second-order valence-electron chi connectivity index (χ2n) is 6.23. The summed E-state index contributed by atoms with van der Waals surface area (Å²) in [4.78, 5) is 4.80. The molecule has 0 amide bonds. The Kier molecular flexibility index (Phi) is 4.22. The number of hydrogen-bond donors (Lipinski definition) is 1. The first-order chi connectivity index (χ1) is 10.2. The lowest BCUT2D eigenvalue weighted by Gasteiger charge is -2.45. The maximum Gasteiger partial charge on any atom is 0.179 e. The number of nitrogens with zero attached hydrogens (tertiary/aromatic N) is 1. The van der Waals surface area contributed by atoms with Crippen molar-refractivity contribution in [3.8, 4) is 0 Å². The van der Waals surface area contributed by atoms with E-state index in [1.165, 1.54) is 18.6 Å². The molecule has 21 heavy (non-hydrogen) atoms. The van der Waals surface area contributed by atoms with Crippen LogP contribution >= 0.6 is 0 Å². The number of aliphatic imine (C=N–C) groups is 1. The van der Waals surface area contributed by atoms with Crippen LogP contribution in [0.15, 0.2) is 17.5 Å². The number of nitrogens with one attached hydrogen (secondary N) is 1. The molecule has 2 heterocycles. The number of hydrogen-bond acceptors (Lipinski definition) is 5. The minimum Gasteiger partial charge on any atom is -0.483 e. The molecule has 0 aromatic rings. The summed E-state index contributed by atoms with van der Waals surface area (Å²) in [5.74, 6) is 0.266. The Morgan fingerprint density at radius 1 is 1.19 bits per heavy atom. The minimum absolute atomic E-state index is 0.131. The van der Waals surface area contributed by atoms with Crippen molar-refractivity contribution in [3.05, 3.63) is 12.5 Å². The smallest absolute Gasteiger partial charge is 0.179 e. The lowest BCUT2D eigenvalue weighted by atomic mass is 9.73. The van der Waals surface area contributed by atoms with Gasteiger partial charge in [0.15, 0.2) is 11.7 Å². The number of rotatable bonds is 4. The fourth-order valence-corrected chi connectivity index (χ4v) is 3.73. The Hall–Kier alpha value is -1.07. The van der Waals surface area contributed by atoms with E-state index in [9.17, 15) is 0 Å². The summed E-state index contributed by atoms with van der Waals surface area (Å²) in [6.45, 7) is 6.32. The van der Waals surface area contributed by atoms with Crippen LogP contribution in [0.5, 0.6) is 0 Å². The van der Waals surface area contributed by atoms with Crippen LogP contribution < -0.4 is 5.32 Å². The third-order valence-electron chi connectivity index (χ3n) is 4.98. The molecule has 0 aromatic carbocycles. The van der Waals surface area contributed by atoms with Crippen LogP contribution in [-0.4, -0.2) is 43.9 Å². The van der Waals surface area contributed by atoms with E-state index in [2.05, 4.69) is 11.9 Å². The quantitative estimate of drug-likeness (QED) is 0.809. The number of ether oxygens (including phenoxy) is 3. The van der Waals surface area contributed by atoms with Gasteiger partial charge in [-0.1, -0.05) is 0 Å². The first-order valence-corrected chi connectivity index (χ1v) is 8.01. The summed E-state index contributed by atoms with van der Waals surface area (Å²) in [6, 6.07) is 0. The van der Waals surface area contributed by atoms with E-state index < -0.39 is 0 Å². The highest BCUT2D eigenvalue weighted by molar-refractivity contribution is 5.94. The molecule has 2 fully saturated rings. The fourth-order valence-electron chi connectivity index (χ4n) is 3.73. The predicted molar refractivity (Wildman–Crippen MR) is 81.3 cm³/mol. The molecule has 1 aliphatic carbocycles. The summed E-state index contributed by atoms with van der Waals surface area (Å²) in [5, 5.41) is 3.50. The van der Waals surface area contributed by atoms with Gasteiger partial charge in [-0.2, -0.15) is 0 Å². The van der Waals surface area contributed by atoms with Gasteiger partial charge in [-0.15, -0.1) is 0 Å². The van der Waals surface area contributed by atoms with Gasteiger partial charge >= 0.3 is 0 Å². The van der Waals surface area contributed by atoms with Crippen LogP contribution in [-0.2, 0) is 14.2 Å². The maximum atomic E-state index is 5.85. The zero-order valence-corrected chi connectivity index (χ0v) is 13.0. The molecule has 0 atom stereocenters. The van der Waals surface area contributed by atoms with E-state index in [0.717, 1.165) is 38.6 Å². The second-order valence-corrected chi connectivity index (χ2v) is 6.23. The van der Waals surface area contributed by atoms with E-state index in [1.807, 2.05) is 0 Å². The van der Waals surface area contributed by atoms with Crippen molar-refractivity contribution < 1.29 is 14.2 Å². The Balaban J connectivity index is 1.77. The van der Waals surface area contributed by atoms with Gasteiger partial charge in [0.05, 0.1) is 25.9 Å². The highest BCUT2D eigenvalue weighted by Crippen LogP contribution is 2.42. The predicted octanol–water partition coefficient (Wildman–Crippen LogP) is 2.37. The van der Waals surface area contributed by atoms with Crippen LogP contribution in [0.3, 0.4) is 0 Å². The zero-order chi connectivity index (χ0) is 14.8. The molecule has 3 rings (SSSR count). The van der Waals surface area contributed by atoms with E-state index in [1.54, 1.807) is 7.11 Å². The first kappa shape index (κ1) is 14.9. The lowest BCUT2D eigenvalue weighted by molar-refractivity contribution is -0.182. The average Bonchev–Trinajstić information content (AvgIpc) is 2.99. The van der Waals surface area contributed by atoms with E-state index in [0.29, 0.717) is 19.1 Å². The Labute approximate surface area is 126 Å². The Morgan fingerprint density at radius 3 is 2.48 bits per heavy atom. The molecule has 1 N–H and O–H groups in total. The molecule has 0 aromatic heterocycles. The van der Waals surface area contributed by atoms with Crippen LogP contribution in [0.4, 0.5) is 0 Å². The topological polar surface area (TPSA) is 52.1 Å². The van der Waals surface area contributed by atoms with Gasteiger partial charge < -0.3 is 19.5 Å². The maximum absolute atomic E-state index is 5.85. The van der Waals surface area contributed by atoms with Crippen LogP contribution in [0.1, 0.15) is 44.9 Å². The first-order valence-electron chi connectivity index (χ1n) is 8.01. The molecule has 118 valence electrons. The van der Waals surface area contributed by atoms with Crippen LogP contribution in [0, 0.1) is 0 Å². The molecular formula is C16H26N2O3. The van der Waals surface area contributed by atoms with Gasteiger partial charge in [0.2, 0.25) is 0 Å². The zero-order valence-electron chi connectivity index (χ0n) is 13.0. The van der Waals surface area contributed by atoms with Gasteiger partial charge in [-0.25, -0.2) is 0 Å². The lowest BCUT2D eigenvalue weighted by Crippen LogP contribution is -2.57. The van der Waals surface area contributed by atoms with Crippen LogP contribution in [0.25, 0.3) is 0 Å². The molecule has 0 bridgehead atoms. The molecule has 5 nitrogen and oxygen atoms in total.